The maximum Gasteiger partial charge on any atom is 0.127 e. The quantitative estimate of drug-likeness (QED) is 0.562. The van der Waals surface area contributed by atoms with Gasteiger partial charge in [0.25, 0.3) is 0 Å². The van der Waals surface area contributed by atoms with E-state index in [1.165, 1.54) is 39.0 Å². The summed E-state index contributed by atoms with van der Waals surface area (Å²) in [6.45, 7) is 10.9. The third-order valence-corrected chi connectivity index (χ3v) is 6.14. The number of hydrogen-bond acceptors (Lipinski definition) is 1. The maximum absolute atomic E-state index is 6.41. The molecule has 0 radical (unpaired) electrons. The molecule has 1 aliphatic heterocycles. The van der Waals surface area contributed by atoms with Crippen LogP contribution in [-0.2, 0) is 0 Å². The van der Waals surface area contributed by atoms with Gasteiger partial charge in [-0.1, -0.05) is 68.5 Å². The van der Waals surface area contributed by atoms with Crippen LogP contribution in [0.5, 0.6) is 5.75 Å². The molecule has 27 heavy (non-hydrogen) atoms. The summed E-state index contributed by atoms with van der Waals surface area (Å²) in [7, 11) is 0. The Hall–Kier alpha value is -2.54. The SMILES string of the molecule is C=C1CC(CC)(CC)Oc2ccc(C3=CC(c4ccc(C)cc4)=CC3)cc21. The van der Waals surface area contributed by atoms with E-state index < -0.39 is 0 Å². The molecule has 138 valence electrons. The second-order valence-corrected chi connectivity index (χ2v) is 7.88. The number of rotatable bonds is 4. The molecular formula is C26H28O. The van der Waals surface area contributed by atoms with E-state index in [9.17, 15) is 0 Å². The normalized spacial score (nSPS) is 17.8. The highest BCUT2D eigenvalue weighted by Gasteiger charge is 2.35. The number of benzene rings is 2. The largest absolute Gasteiger partial charge is 0.486 e. The summed E-state index contributed by atoms with van der Waals surface area (Å²) in [5, 5.41) is 0. The van der Waals surface area contributed by atoms with Crippen LogP contribution in [0.25, 0.3) is 16.7 Å². The van der Waals surface area contributed by atoms with Gasteiger partial charge in [-0.2, -0.15) is 0 Å². The molecule has 2 aliphatic rings. The monoisotopic (exact) mass is 356 g/mol. The first-order valence-corrected chi connectivity index (χ1v) is 10.0. The molecule has 0 saturated heterocycles. The van der Waals surface area contributed by atoms with Crippen LogP contribution >= 0.6 is 0 Å². The van der Waals surface area contributed by atoms with Crippen molar-refractivity contribution in [2.75, 3.05) is 0 Å². The van der Waals surface area contributed by atoms with Gasteiger partial charge in [-0.05, 0) is 66.2 Å². The van der Waals surface area contributed by atoms with Crippen molar-refractivity contribution in [2.24, 2.45) is 0 Å². The fraction of sp³-hybridized carbons (Fsp3) is 0.308. The van der Waals surface area contributed by atoms with Gasteiger partial charge in [0.15, 0.2) is 0 Å². The van der Waals surface area contributed by atoms with Crippen molar-refractivity contribution in [1.82, 2.24) is 0 Å². The van der Waals surface area contributed by atoms with Gasteiger partial charge in [-0.3, -0.25) is 0 Å². The van der Waals surface area contributed by atoms with Gasteiger partial charge < -0.3 is 4.74 Å². The third-order valence-electron chi connectivity index (χ3n) is 6.14. The summed E-state index contributed by atoms with van der Waals surface area (Å²) >= 11 is 0. The topological polar surface area (TPSA) is 9.23 Å². The van der Waals surface area contributed by atoms with E-state index in [0.717, 1.165) is 31.4 Å². The van der Waals surface area contributed by atoms with E-state index in [1.807, 2.05) is 0 Å². The van der Waals surface area contributed by atoms with Gasteiger partial charge >= 0.3 is 0 Å². The van der Waals surface area contributed by atoms with Gasteiger partial charge in [-0.15, -0.1) is 0 Å². The third kappa shape index (κ3) is 3.27. The zero-order valence-electron chi connectivity index (χ0n) is 16.6. The van der Waals surface area contributed by atoms with E-state index in [0.29, 0.717) is 0 Å². The molecular weight excluding hydrogens is 328 g/mol. The second-order valence-electron chi connectivity index (χ2n) is 7.88. The Balaban J connectivity index is 1.62. The van der Waals surface area contributed by atoms with Crippen molar-refractivity contribution in [1.29, 1.82) is 0 Å². The minimum Gasteiger partial charge on any atom is -0.486 e. The lowest BCUT2D eigenvalue weighted by atomic mass is 9.83. The van der Waals surface area contributed by atoms with Crippen molar-refractivity contribution in [3.63, 3.8) is 0 Å². The van der Waals surface area contributed by atoms with E-state index in [1.54, 1.807) is 0 Å². The van der Waals surface area contributed by atoms with Crippen molar-refractivity contribution in [3.05, 3.63) is 83.4 Å². The lowest BCUT2D eigenvalue weighted by molar-refractivity contribution is 0.0588. The van der Waals surface area contributed by atoms with Gasteiger partial charge in [-0.25, -0.2) is 0 Å². The summed E-state index contributed by atoms with van der Waals surface area (Å²) < 4.78 is 6.41. The molecule has 4 rings (SSSR count). The highest BCUT2D eigenvalue weighted by Crippen LogP contribution is 2.44. The average molecular weight is 357 g/mol. The highest BCUT2D eigenvalue weighted by atomic mass is 16.5. The van der Waals surface area contributed by atoms with E-state index in [2.05, 4.69) is 82.0 Å². The molecule has 0 bridgehead atoms. The van der Waals surface area contributed by atoms with Crippen LogP contribution in [0.3, 0.4) is 0 Å². The molecule has 1 heteroatoms. The van der Waals surface area contributed by atoms with Crippen LogP contribution < -0.4 is 4.74 Å². The highest BCUT2D eigenvalue weighted by molar-refractivity contribution is 5.90. The molecule has 0 unspecified atom stereocenters. The Kier molecular flexibility index (Phi) is 4.55. The van der Waals surface area contributed by atoms with Crippen molar-refractivity contribution in [3.8, 4) is 5.75 Å². The summed E-state index contributed by atoms with van der Waals surface area (Å²) in [4.78, 5) is 0. The number of fused-ring (bicyclic) bond motifs is 1. The molecule has 0 amide bonds. The number of ether oxygens (including phenoxy) is 1. The summed E-state index contributed by atoms with van der Waals surface area (Å²) in [6.07, 6.45) is 8.56. The standard InChI is InChI=1S/C26H28O/c1-5-26(6-2)17-19(4)24-16-23(13-14-25(24)27-26)22-12-11-21(15-22)20-9-7-18(3)8-10-20/h7-11,13-16H,4-6,12,17H2,1-3H3. The van der Waals surface area contributed by atoms with Gasteiger partial charge in [0.05, 0.1) is 0 Å². The second kappa shape index (κ2) is 6.88. The zero-order chi connectivity index (χ0) is 19.0. The van der Waals surface area contributed by atoms with E-state index in [4.69, 9.17) is 4.74 Å². The summed E-state index contributed by atoms with van der Waals surface area (Å²) in [5.74, 6) is 0.990. The van der Waals surface area contributed by atoms with Crippen LogP contribution in [0.15, 0.2) is 61.2 Å². The molecule has 1 aliphatic carbocycles. The fourth-order valence-corrected chi connectivity index (χ4v) is 4.17. The van der Waals surface area contributed by atoms with Crippen LogP contribution in [-0.4, -0.2) is 5.60 Å². The number of hydrogen-bond donors (Lipinski definition) is 0. The maximum atomic E-state index is 6.41. The van der Waals surface area contributed by atoms with Crippen LogP contribution in [0, 0.1) is 6.92 Å². The predicted octanol–water partition coefficient (Wildman–Crippen LogP) is 7.22. The lowest BCUT2D eigenvalue weighted by Crippen LogP contribution is -2.37. The first-order chi connectivity index (χ1) is 13.0. The molecule has 2 aromatic carbocycles. The average Bonchev–Trinajstić information content (AvgIpc) is 3.18. The van der Waals surface area contributed by atoms with Crippen molar-refractivity contribution >= 4 is 16.7 Å². The summed E-state index contributed by atoms with van der Waals surface area (Å²) in [5.41, 5.74) is 8.83. The Morgan fingerprint density at radius 3 is 2.41 bits per heavy atom. The molecule has 0 fully saturated rings. The minimum atomic E-state index is -0.0849. The predicted molar refractivity (Wildman–Crippen MR) is 116 cm³/mol. The molecule has 1 heterocycles. The Morgan fingerprint density at radius 2 is 1.70 bits per heavy atom. The van der Waals surface area contributed by atoms with E-state index >= 15 is 0 Å². The first-order valence-electron chi connectivity index (χ1n) is 10.0. The van der Waals surface area contributed by atoms with Crippen LogP contribution in [0.1, 0.15) is 61.8 Å². The molecule has 0 aromatic heterocycles. The van der Waals surface area contributed by atoms with Crippen LogP contribution in [0.4, 0.5) is 0 Å². The van der Waals surface area contributed by atoms with Gasteiger partial charge in [0, 0.05) is 12.0 Å². The Bertz CT molecular complexity index is 937. The molecule has 1 nitrogen and oxygen atoms in total. The van der Waals surface area contributed by atoms with Crippen LogP contribution in [0.2, 0.25) is 0 Å². The molecule has 2 aromatic rings. The number of aryl methyl sites for hydroxylation is 1. The lowest BCUT2D eigenvalue weighted by Gasteiger charge is -2.38. The zero-order valence-corrected chi connectivity index (χ0v) is 16.6. The van der Waals surface area contributed by atoms with Gasteiger partial charge in [0.1, 0.15) is 11.4 Å². The molecule has 0 spiro atoms. The minimum absolute atomic E-state index is 0.0849. The Labute approximate surface area is 163 Å². The molecule has 0 N–H and O–H groups in total. The number of allylic oxidation sites excluding steroid dienone is 4. The van der Waals surface area contributed by atoms with Crippen molar-refractivity contribution in [2.45, 2.75) is 52.1 Å². The smallest absolute Gasteiger partial charge is 0.127 e. The molecule has 0 saturated carbocycles. The summed E-state index contributed by atoms with van der Waals surface area (Å²) in [6, 6.07) is 15.4. The Morgan fingerprint density at radius 1 is 1.00 bits per heavy atom. The van der Waals surface area contributed by atoms with Gasteiger partial charge in [0.2, 0.25) is 0 Å². The van der Waals surface area contributed by atoms with Crippen molar-refractivity contribution < 1.29 is 4.74 Å². The molecule has 0 atom stereocenters. The first kappa shape index (κ1) is 17.9. The van der Waals surface area contributed by atoms with E-state index in [-0.39, 0.29) is 5.60 Å². The fourth-order valence-electron chi connectivity index (χ4n) is 4.17.